The van der Waals surface area contributed by atoms with E-state index < -0.39 is 0 Å². The second-order valence-electron chi connectivity index (χ2n) is 5.44. The van der Waals surface area contributed by atoms with Crippen molar-refractivity contribution in [3.05, 3.63) is 70.2 Å². The first kappa shape index (κ1) is 17.9. The Morgan fingerprint density at radius 3 is 2.68 bits per heavy atom. The van der Waals surface area contributed by atoms with Crippen LogP contribution in [0.2, 0.25) is 5.02 Å². The molecule has 128 valence electrons. The van der Waals surface area contributed by atoms with E-state index >= 15 is 0 Å². The Bertz CT molecular complexity index is 865. The molecule has 0 aliphatic heterocycles. The summed E-state index contributed by atoms with van der Waals surface area (Å²) in [4.78, 5) is 12.1. The van der Waals surface area contributed by atoms with Crippen LogP contribution in [0.25, 0.3) is 0 Å². The van der Waals surface area contributed by atoms with Gasteiger partial charge in [0.15, 0.2) is 4.34 Å². The quantitative estimate of drug-likeness (QED) is 0.477. The standard InChI is InChI=1S/C18H16ClN3OS2/c1-12-4-2-3-5-14(12)11-24-18-22-21-17(25-18)20-16(23)10-13-6-8-15(19)9-7-13/h2-9H,10-11H2,1H3,(H,20,21,23). The number of aromatic nitrogens is 2. The molecule has 1 N–H and O–H groups in total. The first-order valence-electron chi connectivity index (χ1n) is 7.65. The lowest BCUT2D eigenvalue weighted by molar-refractivity contribution is -0.115. The Morgan fingerprint density at radius 1 is 1.16 bits per heavy atom. The molecular formula is C18H16ClN3OS2. The molecule has 0 bridgehead atoms. The number of carbonyl (C=O) groups excluding carboxylic acids is 1. The molecule has 0 atom stereocenters. The van der Waals surface area contributed by atoms with Crippen molar-refractivity contribution in [3.8, 4) is 0 Å². The predicted octanol–water partition coefficient (Wildman–Crippen LogP) is 4.97. The van der Waals surface area contributed by atoms with Gasteiger partial charge in [-0.05, 0) is 35.7 Å². The van der Waals surface area contributed by atoms with Crippen molar-refractivity contribution >= 4 is 45.7 Å². The number of aryl methyl sites for hydroxylation is 1. The lowest BCUT2D eigenvalue weighted by Gasteiger charge is -2.02. The number of hydrogen-bond acceptors (Lipinski definition) is 5. The van der Waals surface area contributed by atoms with Crippen molar-refractivity contribution in [2.75, 3.05) is 5.32 Å². The zero-order valence-electron chi connectivity index (χ0n) is 13.5. The zero-order valence-corrected chi connectivity index (χ0v) is 15.9. The molecule has 0 spiro atoms. The van der Waals surface area contributed by atoms with Gasteiger partial charge >= 0.3 is 0 Å². The summed E-state index contributed by atoms with van der Waals surface area (Å²) >= 11 is 8.85. The Kier molecular flexibility index (Phi) is 6.07. The average Bonchev–Trinajstić information content (AvgIpc) is 3.03. The first-order chi connectivity index (χ1) is 12.1. The van der Waals surface area contributed by atoms with Gasteiger partial charge in [-0.25, -0.2) is 0 Å². The second kappa shape index (κ2) is 8.47. The molecule has 0 radical (unpaired) electrons. The highest BCUT2D eigenvalue weighted by Gasteiger charge is 2.10. The number of carbonyl (C=O) groups is 1. The van der Waals surface area contributed by atoms with Gasteiger partial charge in [-0.15, -0.1) is 10.2 Å². The summed E-state index contributed by atoms with van der Waals surface area (Å²) in [6, 6.07) is 15.5. The minimum absolute atomic E-state index is 0.117. The van der Waals surface area contributed by atoms with Crippen LogP contribution in [-0.4, -0.2) is 16.1 Å². The van der Waals surface area contributed by atoms with Gasteiger partial charge in [0.05, 0.1) is 6.42 Å². The van der Waals surface area contributed by atoms with E-state index in [9.17, 15) is 4.79 Å². The third-order valence-electron chi connectivity index (χ3n) is 3.54. The Morgan fingerprint density at radius 2 is 1.92 bits per heavy atom. The van der Waals surface area contributed by atoms with E-state index in [0.29, 0.717) is 10.2 Å². The normalized spacial score (nSPS) is 10.6. The summed E-state index contributed by atoms with van der Waals surface area (Å²) in [5, 5.41) is 12.1. The van der Waals surface area contributed by atoms with Crippen molar-refractivity contribution in [2.45, 2.75) is 23.4 Å². The molecule has 0 saturated heterocycles. The van der Waals surface area contributed by atoms with Gasteiger partial charge in [-0.1, -0.05) is 71.1 Å². The van der Waals surface area contributed by atoms with E-state index in [2.05, 4.69) is 34.6 Å². The maximum atomic E-state index is 12.1. The number of halogens is 1. The van der Waals surface area contributed by atoms with Crippen molar-refractivity contribution < 1.29 is 4.79 Å². The van der Waals surface area contributed by atoms with Crippen molar-refractivity contribution in [1.82, 2.24) is 10.2 Å². The number of nitrogens with one attached hydrogen (secondary N) is 1. The molecule has 1 aromatic heterocycles. The molecule has 7 heteroatoms. The zero-order chi connectivity index (χ0) is 17.6. The minimum atomic E-state index is -0.117. The smallest absolute Gasteiger partial charge is 0.230 e. The number of amides is 1. The van der Waals surface area contributed by atoms with Crippen molar-refractivity contribution in [1.29, 1.82) is 0 Å². The predicted molar refractivity (Wildman–Crippen MR) is 104 cm³/mol. The van der Waals surface area contributed by atoms with E-state index in [-0.39, 0.29) is 12.3 Å². The number of anilines is 1. The monoisotopic (exact) mass is 389 g/mol. The van der Waals surface area contributed by atoms with E-state index in [1.54, 1.807) is 23.9 Å². The molecule has 1 amide bonds. The lowest BCUT2D eigenvalue weighted by atomic mass is 10.1. The third-order valence-corrected chi connectivity index (χ3v) is 5.82. The van der Waals surface area contributed by atoms with E-state index in [0.717, 1.165) is 15.7 Å². The summed E-state index contributed by atoms with van der Waals surface area (Å²) in [6.45, 7) is 2.10. The molecule has 4 nitrogen and oxygen atoms in total. The van der Waals surface area contributed by atoms with Gasteiger partial charge in [-0.3, -0.25) is 4.79 Å². The average molecular weight is 390 g/mol. The molecule has 0 saturated carbocycles. The summed E-state index contributed by atoms with van der Waals surface area (Å²) in [5.41, 5.74) is 3.44. The topological polar surface area (TPSA) is 54.9 Å². The van der Waals surface area contributed by atoms with Crippen LogP contribution in [0, 0.1) is 6.92 Å². The summed E-state index contributed by atoms with van der Waals surface area (Å²) in [6.07, 6.45) is 0.280. The number of hydrogen-bond donors (Lipinski definition) is 1. The van der Waals surface area contributed by atoms with Crippen LogP contribution >= 0.6 is 34.7 Å². The van der Waals surface area contributed by atoms with Gasteiger partial charge in [0, 0.05) is 10.8 Å². The van der Waals surface area contributed by atoms with Gasteiger partial charge < -0.3 is 5.32 Å². The molecule has 2 aromatic carbocycles. The van der Waals surface area contributed by atoms with Crippen molar-refractivity contribution in [2.24, 2.45) is 0 Å². The number of rotatable bonds is 6. The first-order valence-corrected chi connectivity index (χ1v) is 9.83. The summed E-state index contributed by atoms with van der Waals surface area (Å²) in [7, 11) is 0. The molecule has 25 heavy (non-hydrogen) atoms. The van der Waals surface area contributed by atoms with Crippen LogP contribution in [-0.2, 0) is 17.0 Å². The molecule has 0 fully saturated rings. The van der Waals surface area contributed by atoms with Gasteiger partial charge in [0.1, 0.15) is 0 Å². The summed E-state index contributed by atoms with van der Waals surface area (Å²) < 4.78 is 0.838. The van der Waals surface area contributed by atoms with Crippen LogP contribution in [0.15, 0.2) is 52.9 Å². The van der Waals surface area contributed by atoms with E-state index in [1.807, 2.05) is 24.3 Å². The SMILES string of the molecule is Cc1ccccc1CSc1nnc(NC(=O)Cc2ccc(Cl)cc2)s1. The lowest BCUT2D eigenvalue weighted by Crippen LogP contribution is -2.14. The number of benzene rings is 2. The molecule has 0 unspecified atom stereocenters. The van der Waals surface area contributed by atoms with Gasteiger partial charge in [-0.2, -0.15) is 0 Å². The Balaban J connectivity index is 1.53. The molecule has 1 heterocycles. The highest BCUT2D eigenvalue weighted by Crippen LogP contribution is 2.29. The van der Waals surface area contributed by atoms with E-state index in [4.69, 9.17) is 11.6 Å². The molecule has 3 aromatic rings. The van der Waals surface area contributed by atoms with Crippen LogP contribution in [0.3, 0.4) is 0 Å². The number of nitrogens with zero attached hydrogens (tertiary/aromatic N) is 2. The molecular weight excluding hydrogens is 374 g/mol. The van der Waals surface area contributed by atoms with Gasteiger partial charge in [0.25, 0.3) is 0 Å². The highest BCUT2D eigenvalue weighted by molar-refractivity contribution is 8.00. The van der Waals surface area contributed by atoms with Crippen molar-refractivity contribution in [3.63, 3.8) is 0 Å². The van der Waals surface area contributed by atoms with Gasteiger partial charge in [0.2, 0.25) is 11.0 Å². The fourth-order valence-electron chi connectivity index (χ4n) is 2.18. The molecule has 0 aliphatic rings. The molecule has 3 rings (SSSR count). The number of thioether (sulfide) groups is 1. The Labute approximate surface area is 159 Å². The summed E-state index contributed by atoms with van der Waals surface area (Å²) in [5.74, 6) is 0.717. The maximum absolute atomic E-state index is 12.1. The van der Waals surface area contributed by atoms with E-state index in [1.165, 1.54) is 22.5 Å². The Hall–Kier alpha value is -1.89. The highest BCUT2D eigenvalue weighted by atomic mass is 35.5. The largest absolute Gasteiger partial charge is 0.300 e. The second-order valence-corrected chi connectivity index (χ2v) is 8.08. The van der Waals surface area contributed by atoms with Crippen LogP contribution in [0.4, 0.5) is 5.13 Å². The fraction of sp³-hybridized carbons (Fsp3) is 0.167. The fourth-order valence-corrected chi connectivity index (χ4v) is 4.15. The van der Waals surface area contributed by atoms with Crippen LogP contribution < -0.4 is 5.32 Å². The minimum Gasteiger partial charge on any atom is -0.300 e. The molecule has 0 aliphatic carbocycles. The third kappa shape index (κ3) is 5.29. The van der Waals surface area contributed by atoms with Crippen LogP contribution in [0.5, 0.6) is 0 Å². The van der Waals surface area contributed by atoms with Crippen LogP contribution in [0.1, 0.15) is 16.7 Å². The maximum Gasteiger partial charge on any atom is 0.230 e.